The summed E-state index contributed by atoms with van der Waals surface area (Å²) in [5.41, 5.74) is 0.763. The van der Waals surface area contributed by atoms with Gasteiger partial charge in [0.1, 0.15) is 5.82 Å². The summed E-state index contributed by atoms with van der Waals surface area (Å²) in [5, 5.41) is 1.33. The molecule has 0 atom stereocenters. The SMILES string of the molecule is c1ccc2c(N3CCN(CCCCN4CCC5(CCCC5)CC4)CC3)nsc2c1. The van der Waals surface area contributed by atoms with Gasteiger partial charge in [-0.1, -0.05) is 25.0 Å². The topological polar surface area (TPSA) is 22.6 Å². The highest BCUT2D eigenvalue weighted by atomic mass is 32.1. The van der Waals surface area contributed by atoms with Gasteiger partial charge in [-0.2, -0.15) is 4.37 Å². The molecule has 4 nitrogen and oxygen atoms in total. The molecule has 1 spiro atoms. The van der Waals surface area contributed by atoms with E-state index in [1.807, 2.05) is 0 Å². The first-order valence-electron chi connectivity index (χ1n) is 11.9. The van der Waals surface area contributed by atoms with Crippen LogP contribution in [-0.2, 0) is 0 Å². The number of fused-ring (bicyclic) bond motifs is 1. The quantitative estimate of drug-likeness (QED) is 0.632. The molecule has 158 valence electrons. The largest absolute Gasteiger partial charge is 0.353 e. The lowest BCUT2D eigenvalue weighted by molar-refractivity contribution is 0.106. The lowest BCUT2D eigenvalue weighted by Gasteiger charge is -2.39. The van der Waals surface area contributed by atoms with Gasteiger partial charge in [-0.05, 0) is 93.8 Å². The minimum Gasteiger partial charge on any atom is -0.353 e. The number of benzene rings is 1. The minimum atomic E-state index is 0.763. The van der Waals surface area contributed by atoms with Crippen LogP contribution in [0.5, 0.6) is 0 Å². The summed E-state index contributed by atoms with van der Waals surface area (Å²) in [7, 11) is 0. The van der Waals surface area contributed by atoms with Crippen molar-refractivity contribution in [3.05, 3.63) is 24.3 Å². The summed E-state index contributed by atoms with van der Waals surface area (Å²) >= 11 is 1.63. The molecule has 3 aliphatic rings. The average molecular weight is 413 g/mol. The van der Waals surface area contributed by atoms with Crippen molar-refractivity contribution in [2.24, 2.45) is 5.41 Å². The molecule has 0 N–H and O–H groups in total. The Bertz CT molecular complexity index is 779. The van der Waals surface area contributed by atoms with E-state index in [0.29, 0.717) is 0 Å². The number of piperazine rings is 1. The summed E-state index contributed by atoms with van der Waals surface area (Å²) in [5.74, 6) is 1.20. The van der Waals surface area contributed by atoms with Gasteiger partial charge in [0.05, 0.1) is 4.70 Å². The molecular weight excluding hydrogens is 376 g/mol. The molecule has 2 saturated heterocycles. The molecule has 1 saturated carbocycles. The fourth-order valence-electron chi connectivity index (χ4n) is 5.83. The first kappa shape index (κ1) is 19.8. The molecule has 0 amide bonds. The van der Waals surface area contributed by atoms with Crippen LogP contribution < -0.4 is 4.90 Å². The van der Waals surface area contributed by atoms with Crippen molar-refractivity contribution >= 4 is 27.4 Å². The summed E-state index contributed by atoms with van der Waals surface area (Å²) < 4.78 is 6.05. The van der Waals surface area contributed by atoms with Crippen LogP contribution in [0.3, 0.4) is 0 Å². The number of likely N-dealkylation sites (tertiary alicyclic amines) is 1. The molecule has 1 aromatic heterocycles. The third kappa shape index (κ3) is 4.47. The Morgan fingerprint density at radius 1 is 0.793 bits per heavy atom. The molecule has 0 bridgehead atoms. The van der Waals surface area contributed by atoms with E-state index in [9.17, 15) is 0 Å². The van der Waals surface area contributed by atoms with Crippen molar-refractivity contribution < 1.29 is 0 Å². The Hall–Kier alpha value is -1.17. The molecule has 5 heteroatoms. The van der Waals surface area contributed by atoms with E-state index in [2.05, 4.69) is 39.0 Å². The second-order valence-corrected chi connectivity index (χ2v) is 10.4. The lowest BCUT2D eigenvalue weighted by Crippen LogP contribution is -2.47. The Labute approximate surface area is 180 Å². The normalized spacial score (nSPS) is 23.4. The van der Waals surface area contributed by atoms with Crippen LogP contribution in [0.25, 0.3) is 10.1 Å². The zero-order chi connectivity index (χ0) is 19.5. The number of unbranched alkanes of at least 4 members (excludes halogenated alkanes) is 1. The fraction of sp³-hybridized carbons (Fsp3) is 0.708. The van der Waals surface area contributed by atoms with Gasteiger partial charge in [0.15, 0.2) is 0 Å². The third-order valence-electron chi connectivity index (χ3n) is 7.81. The molecule has 29 heavy (non-hydrogen) atoms. The molecule has 3 fully saturated rings. The van der Waals surface area contributed by atoms with Crippen molar-refractivity contribution in [3.63, 3.8) is 0 Å². The first-order valence-corrected chi connectivity index (χ1v) is 12.6. The van der Waals surface area contributed by atoms with E-state index in [1.54, 1.807) is 11.5 Å². The van der Waals surface area contributed by atoms with Gasteiger partial charge in [-0.3, -0.25) is 4.90 Å². The number of hydrogen-bond donors (Lipinski definition) is 0. The van der Waals surface area contributed by atoms with Gasteiger partial charge in [0, 0.05) is 31.6 Å². The van der Waals surface area contributed by atoms with E-state index >= 15 is 0 Å². The molecule has 5 rings (SSSR count). The first-order chi connectivity index (χ1) is 14.3. The molecule has 2 aliphatic heterocycles. The molecule has 0 radical (unpaired) electrons. The predicted molar refractivity (Wildman–Crippen MR) is 124 cm³/mol. The third-order valence-corrected chi connectivity index (χ3v) is 8.63. The highest BCUT2D eigenvalue weighted by molar-refractivity contribution is 7.13. The van der Waals surface area contributed by atoms with Crippen molar-refractivity contribution in [3.8, 4) is 0 Å². The summed E-state index contributed by atoms with van der Waals surface area (Å²) in [6.45, 7) is 9.89. The predicted octanol–water partition coefficient (Wildman–Crippen LogP) is 4.85. The summed E-state index contributed by atoms with van der Waals surface area (Å²) in [6, 6.07) is 8.64. The van der Waals surface area contributed by atoms with E-state index < -0.39 is 0 Å². The maximum absolute atomic E-state index is 4.74. The molecule has 0 unspecified atom stereocenters. The smallest absolute Gasteiger partial charge is 0.150 e. The Balaban J connectivity index is 1.00. The summed E-state index contributed by atoms with van der Waals surface area (Å²) in [4.78, 5) is 7.89. The average Bonchev–Trinajstić information content (AvgIpc) is 3.41. The van der Waals surface area contributed by atoms with Gasteiger partial charge in [-0.25, -0.2) is 0 Å². The van der Waals surface area contributed by atoms with Crippen molar-refractivity contribution in [1.82, 2.24) is 14.2 Å². The maximum atomic E-state index is 4.74. The number of aromatic nitrogens is 1. The van der Waals surface area contributed by atoms with Crippen LogP contribution in [0.15, 0.2) is 24.3 Å². The lowest BCUT2D eigenvalue weighted by atomic mass is 9.77. The van der Waals surface area contributed by atoms with Gasteiger partial charge in [0.2, 0.25) is 0 Å². The summed E-state index contributed by atoms with van der Waals surface area (Å²) in [6.07, 6.45) is 11.7. The number of hydrogen-bond acceptors (Lipinski definition) is 5. The van der Waals surface area contributed by atoms with Crippen molar-refractivity contribution in [2.75, 3.05) is 57.3 Å². The van der Waals surface area contributed by atoms with Gasteiger partial charge in [-0.15, -0.1) is 0 Å². The maximum Gasteiger partial charge on any atom is 0.150 e. The van der Waals surface area contributed by atoms with Gasteiger partial charge < -0.3 is 9.80 Å². The van der Waals surface area contributed by atoms with Crippen molar-refractivity contribution in [1.29, 1.82) is 0 Å². The van der Waals surface area contributed by atoms with Gasteiger partial charge in [0.25, 0.3) is 0 Å². The van der Waals surface area contributed by atoms with E-state index in [4.69, 9.17) is 4.37 Å². The van der Waals surface area contributed by atoms with Crippen LogP contribution in [0.4, 0.5) is 5.82 Å². The second-order valence-electron chi connectivity index (χ2n) is 9.59. The molecule has 3 heterocycles. The van der Waals surface area contributed by atoms with Crippen LogP contribution in [0.1, 0.15) is 51.4 Å². The van der Waals surface area contributed by atoms with Crippen LogP contribution in [-0.4, -0.2) is 66.5 Å². The standard InChI is InChI=1S/C24H36N4S/c1-2-8-22-21(7-1)23(25-29-22)28-19-17-27(18-20-28)14-6-5-13-26-15-11-24(12-16-26)9-3-4-10-24/h1-2,7-8H,3-6,9-20H2. The molecule has 1 aliphatic carbocycles. The molecule has 1 aromatic carbocycles. The van der Waals surface area contributed by atoms with Crippen LogP contribution >= 0.6 is 11.5 Å². The zero-order valence-electron chi connectivity index (χ0n) is 17.8. The second kappa shape index (κ2) is 8.91. The number of anilines is 1. The Kier molecular flexibility index (Phi) is 6.07. The van der Waals surface area contributed by atoms with E-state index in [1.165, 1.54) is 107 Å². The Morgan fingerprint density at radius 3 is 2.17 bits per heavy atom. The number of piperidine rings is 1. The molecular formula is C24H36N4S. The highest BCUT2D eigenvalue weighted by Crippen LogP contribution is 2.46. The fourth-order valence-corrected chi connectivity index (χ4v) is 6.63. The van der Waals surface area contributed by atoms with E-state index in [0.717, 1.165) is 18.5 Å². The minimum absolute atomic E-state index is 0.763. The monoisotopic (exact) mass is 412 g/mol. The number of nitrogens with zero attached hydrogens (tertiary/aromatic N) is 4. The van der Waals surface area contributed by atoms with Crippen LogP contribution in [0, 0.1) is 5.41 Å². The zero-order valence-corrected chi connectivity index (χ0v) is 18.6. The Morgan fingerprint density at radius 2 is 1.45 bits per heavy atom. The van der Waals surface area contributed by atoms with Gasteiger partial charge >= 0.3 is 0 Å². The van der Waals surface area contributed by atoms with Crippen LogP contribution in [0.2, 0.25) is 0 Å². The molecule has 2 aromatic rings. The van der Waals surface area contributed by atoms with E-state index in [-0.39, 0.29) is 0 Å². The van der Waals surface area contributed by atoms with Crippen molar-refractivity contribution in [2.45, 2.75) is 51.4 Å². The highest BCUT2D eigenvalue weighted by Gasteiger charge is 2.36. The number of rotatable bonds is 6.